The van der Waals surface area contributed by atoms with Crippen LogP contribution in [0, 0.1) is 0 Å². The van der Waals surface area contributed by atoms with Crippen molar-refractivity contribution in [1.82, 2.24) is 10.2 Å². The molecule has 1 unspecified atom stereocenters. The molecular formula is C11H19N3O4. The van der Waals surface area contributed by atoms with Gasteiger partial charge in [0.25, 0.3) is 5.91 Å². The van der Waals surface area contributed by atoms with E-state index in [1.165, 1.54) is 0 Å². The van der Waals surface area contributed by atoms with Crippen LogP contribution in [-0.4, -0.2) is 53.1 Å². The minimum Gasteiger partial charge on any atom is -0.444 e. The SMILES string of the molecule is CC(C)(C)OC(=O)N1CCC(NC(=O)/C=N\O)C1. The fourth-order valence-corrected chi connectivity index (χ4v) is 1.66. The molecule has 0 bridgehead atoms. The van der Waals surface area contributed by atoms with Crippen LogP contribution in [0.1, 0.15) is 27.2 Å². The highest BCUT2D eigenvalue weighted by Crippen LogP contribution is 2.15. The van der Waals surface area contributed by atoms with Gasteiger partial charge in [0.1, 0.15) is 11.8 Å². The summed E-state index contributed by atoms with van der Waals surface area (Å²) in [6.07, 6.45) is 1.07. The van der Waals surface area contributed by atoms with Crippen molar-refractivity contribution < 1.29 is 19.5 Å². The van der Waals surface area contributed by atoms with Gasteiger partial charge in [-0.1, -0.05) is 5.16 Å². The predicted octanol–water partition coefficient (Wildman–Crippen LogP) is 0.572. The molecule has 2 amide bonds. The number of amides is 2. The fraction of sp³-hybridized carbons (Fsp3) is 0.727. The van der Waals surface area contributed by atoms with Gasteiger partial charge in [0.05, 0.1) is 0 Å². The summed E-state index contributed by atoms with van der Waals surface area (Å²) in [5.41, 5.74) is -0.526. The Hall–Kier alpha value is -1.79. The van der Waals surface area contributed by atoms with Crippen LogP contribution in [0.25, 0.3) is 0 Å². The lowest BCUT2D eigenvalue weighted by Gasteiger charge is -2.24. The Kier molecular flexibility index (Phi) is 4.52. The van der Waals surface area contributed by atoms with E-state index >= 15 is 0 Å². The van der Waals surface area contributed by atoms with Crippen molar-refractivity contribution in [2.24, 2.45) is 5.16 Å². The molecule has 0 spiro atoms. The second-order valence-electron chi connectivity index (χ2n) is 5.17. The van der Waals surface area contributed by atoms with Crippen molar-refractivity contribution in [1.29, 1.82) is 0 Å². The smallest absolute Gasteiger partial charge is 0.410 e. The van der Waals surface area contributed by atoms with Crippen LogP contribution >= 0.6 is 0 Å². The van der Waals surface area contributed by atoms with E-state index < -0.39 is 11.5 Å². The minimum absolute atomic E-state index is 0.136. The molecular weight excluding hydrogens is 238 g/mol. The van der Waals surface area contributed by atoms with Gasteiger partial charge in [0.15, 0.2) is 0 Å². The summed E-state index contributed by atoms with van der Waals surface area (Å²) in [6.45, 7) is 6.35. The quantitative estimate of drug-likeness (QED) is 0.430. The monoisotopic (exact) mass is 257 g/mol. The first kappa shape index (κ1) is 14.3. The number of nitrogens with one attached hydrogen (secondary N) is 1. The van der Waals surface area contributed by atoms with Gasteiger partial charge in [0.2, 0.25) is 0 Å². The Bertz CT molecular complexity index is 349. The van der Waals surface area contributed by atoms with E-state index in [0.29, 0.717) is 19.5 Å². The Balaban J connectivity index is 2.41. The number of hydrogen-bond donors (Lipinski definition) is 2. The van der Waals surface area contributed by atoms with E-state index in [4.69, 9.17) is 9.94 Å². The third-order valence-corrected chi connectivity index (χ3v) is 2.36. The van der Waals surface area contributed by atoms with E-state index in [-0.39, 0.29) is 12.1 Å². The third-order valence-electron chi connectivity index (χ3n) is 2.36. The zero-order chi connectivity index (χ0) is 13.8. The Morgan fingerprint density at radius 3 is 2.72 bits per heavy atom. The van der Waals surface area contributed by atoms with E-state index in [0.717, 1.165) is 6.21 Å². The molecule has 0 aromatic heterocycles. The summed E-state index contributed by atoms with van der Waals surface area (Å²) in [7, 11) is 0. The molecule has 7 heteroatoms. The van der Waals surface area contributed by atoms with Crippen molar-refractivity contribution >= 4 is 18.2 Å². The lowest BCUT2D eigenvalue weighted by atomic mass is 10.2. The number of ether oxygens (including phenoxy) is 1. The number of oxime groups is 1. The standard InChI is InChI=1S/C11H19N3O4/c1-11(2,3)18-10(16)14-5-4-8(7-14)13-9(15)6-12-17/h6,8,17H,4-5,7H2,1-3H3,(H,13,15)/b12-6-. The van der Waals surface area contributed by atoms with Crippen LogP contribution in [0.15, 0.2) is 5.16 Å². The summed E-state index contributed by atoms with van der Waals surface area (Å²) in [4.78, 5) is 24.4. The Morgan fingerprint density at radius 2 is 2.17 bits per heavy atom. The number of nitrogens with zero attached hydrogens (tertiary/aromatic N) is 2. The first-order chi connectivity index (χ1) is 8.31. The maximum absolute atomic E-state index is 11.7. The maximum Gasteiger partial charge on any atom is 0.410 e. The molecule has 1 heterocycles. The number of rotatable bonds is 2. The highest BCUT2D eigenvalue weighted by atomic mass is 16.6. The van der Waals surface area contributed by atoms with Gasteiger partial charge in [-0.25, -0.2) is 4.79 Å². The molecule has 0 radical (unpaired) electrons. The number of carbonyl (C=O) groups is 2. The van der Waals surface area contributed by atoms with Crippen LogP contribution in [0.2, 0.25) is 0 Å². The van der Waals surface area contributed by atoms with E-state index in [1.54, 1.807) is 25.7 Å². The second-order valence-corrected chi connectivity index (χ2v) is 5.17. The largest absolute Gasteiger partial charge is 0.444 e. The molecule has 1 aliphatic rings. The molecule has 0 aromatic rings. The lowest BCUT2D eigenvalue weighted by Crippen LogP contribution is -2.40. The van der Waals surface area contributed by atoms with E-state index in [1.807, 2.05) is 0 Å². The molecule has 1 fully saturated rings. The predicted molar refractivity (Wildman–Crippen MR) is 64.6 cm³/mol. The summed E-state index contributed by atoms with van der Waals surface area (Å²) < 4.78 is 5.23. The lowest BCUT2D eigenvalue weighted by molar-refractivity contribution is -0.115. The molecule has 0 aliphatic carbocycles. The van der Waals surface area contributed by atoms with Gasteiger partial charge in [-0.05, 0) is 27.2 Å². The van der Waals surface area contributed by atoms with Crippen LogP contribution < -0.4 is 5.32 Å². The van der Waals surface area contributed by atoms with Gasteiger partial charge in [-0.3, -0.25) is 4.79 Å². The number of likely N-dealkylation sites (tertiary alicyclic amines) is 1. The zero-order valence-corrected chi connectivity index (χ0v) is 10.8. The van der Waals surface area contributed by atoms with Crippen LogP contribution in [0.5, 0.6) is 0 Å². The van der Waals surface area contributed by atoms with Crippen molar-refractivity contribution in [3.63, 3.8) is 0 Å². The summed E-state index contributed by atoms with van der Waals surface area (Å²) in [5, 5.41) is 13.5. The molecule has 1 aliphatic heterocycles. The molecule has 1 rings (SSSR count). The third kappa shape index (κ3) is 4.60. The van der Waals surface area contributed by atoms with Crippen LogP contribution in [-0.2, 0) is 9.53 Å². The van der Waals surface area contributed by atoms with Gasteiger partial charge in [-0.15, -0.1) is 0 Å². The first-order valence-corrected chi connectivity index (χ1v) is 5.77. The van der Waals surface area contributed by atoms with Crippen molar-refractivity contribution in [3.8, 4) is 0 Å². The number of carbonyl (C=O) groups excluding carboxylic acids is 2. The van der Waals surface area contributed by atoms with Gasteiger partial charge in [0, 0.05) is 19.1 Å². The number of hydrogen-bond acceptors (Lipinski definition) is 5. The first-order valence-electron chi connectivity index (χ1n) is 5.77. The molecule has 7 nitrogen and oxygen atoms in total. The molecule has 2 N–H and O–H groups in total. The highest BCUT2D eigenvalue weighted by Gasteiger charge is 2.30. The molecule has 18 heavy (non-hydrogen) atoms. The molecule has 102 valence electrons. The summed E-state index contributed by atoms with van der Waals surface area (Å²) in [5.74, 6) is -0.478. The van der Waals surface area contributed by atoms with Crippen LogP contribution in [0.3, 0.4) is 0 Å². The van der Waals surface area contributed by atoms with Crippen molar-refractivity contribution in [2.45, 2.75) is 38.8 Å². The van der Waals surface area contributed by atoms with Gasteiger partial charge < -0.3 is 20.2 Å². The average Bonchev–Trinajstić information content (AvgIpc) is 2.63. The van der Waals surface area contributed by atoms with E-state index in [2.05, 4.69) is 10.5 Å². The molecule has 1 saturated heterocycles. The Labute approximate surface area is 106 Å². The topological polar surface area (TPSA) is 91.2 Å². The fourth-order valence-electron chi connectivity index (χ4n) is 1.66. The summed E-state index contributed by atoms with van der Waals surface area (Å²) in [6, 6.07) is -0.136. The van der Waals surface area contributed by atoms with Crippen molar-refractivity contribution in [3.05, 3.63) is 0 Å². The van der Waals surface area contributed by atoms with Gasteiger partial charge in [-0.2, -0.15) is 0 Å². The Morgan fingerprint density at radius 1 is 1.50 bits per heavy atom. The molecule has 0 saturated carbocycles. The van der Waals surface area contributed by atoms with E-state index in [9.17, 15) is 9.59 Å². The minimum atomic E-state index is -0.526. The average molecular weight is 257 g/mol. The zero-order valence-electron chi connectivity index (χ0n) is 10.8. The van der Waals surface area contributed by atoms with Crippen LogP contribution in [0.4, 0.5) is 4.79 Å². The maximum atomic E-state index is 11.7. The highest BCUT2D eigenvalue weighted by molar-refractivity contribution is 6.26. The summed E-state index contributed by atoms with van der Waals surface area (Å²) >= 11 is 0. The molecule has 1 atom stereocenters. The molecule has 0 aromatic carbocycles. The second kappa shape index (κ2) is 5.70. The normalized spacial score (nSPS) is 20.2. The van der Waals surface area contributed by atoms with Crippen molar-refractivity contribution in [2.75, 3.05) is 13.1 Å². The van der Waals surface area contributed by atoms with Gasteiger partial charge >= 0.3 is 6.09 Å².